The lowest BCUT2D eigenvalue weighted by Crippen LogP contribution is -2.17. The molecule has 0 heterocycles. The van der Waals surface area contributed by atoms with Crippen LogP contribution in [0.4, 0.5) is 22.7 Å². The topological polar surface area (TPSA) is 87.5 Å². The molecule has 3 aromatic carbocycles. The number of nitro benzene ring substituents is 1. The van der Waals surface area contributed by atoms with E-state index < -0.39 is 10.8 Å². The summed E-state index contributed by atoms with van der Waals surface area (Å²) >= 11 is 0. The van der Waals surface area contributed by atoms with Crippen LogP contribution >= 0.6 is 0 Å². The number of amides is 1. The van der Waals surface area contributed by atoms with Crippen molar-refractivity contribution in [3.63, 3.8) is 0 Å². The van der Waals surface area contributed by atoms with E-state index in [0.29, 0.717) is 17.9 Å². The second-order valence-corrected chi connectivity index (χ2v) is 6.83. The molecule has 7 heteroatoms. The minimum atomic E-state index is -0.498. The molecule has 2 N–H and O–H groups in total. The van der Waals surface area contributed by atoms with E-state index in [9.17, 15) is 14.9 Å². The van der Waals surface area contributed by atoms with Crippen molar-refractivity contribution < 1.29 is 9.72 Å². The first-order chi connectivity index (χ1) is 13.9. The van der Waals surface area contributed by atoms with Crippen molar-refractivity contribution in [1.29, 1.82) is 0 Å². The monoisotopic (exact) mass is 390 g/mol. The zero-order valence-corrected chi connectivity index (χ0v) is 16.3. The van der Waals surface area contributed by atoms with Crippen molar-refractivity contribution >= 4 is 28.7 Å². The molecule has 7 nitrogen and oxygen atoms in total. The van der Waals surface area contributed by atoms with Gasteiger partial charge < -0.3 is 15.5 Å². The quantitative estimate of drug-likeness (QED) is 0.453. The summed E-state index contributed by atoms with van der Waals surface area (Å²) in [6.07, 6.45) is 0. The molecule has 3 aromatic rings. The van der Waals surface area contributed by atoms with E-state index in [4.69, 9.17) is 0 Å². The van der Waals surface area contributed by atoms with Gasteiger partial charge in [-0.25, -0.2) is 0 Å². The summed E-state index contributed by atoms with van der Waals surface area (Å²) in [7, 11) is 3.89. The van der Waals surface area contributed by atoms with Gasteiger partial charge in [-0.3, -0.25) is 14.9 Å². The van der Waals surface area contributed by atoms with Crippen molar-refractivity contribution in [1.82, 2.24) is 4.90 Å². The van der Waals surface area contributed by atoms with Gasteiger partial charge in [0.2, 0.25) is 0 Å². The number of rotatable bonds is 7. The van der Waals surface area contributed by atoms with Gasteiger partial charge in [-0.05, 0) is 50.0 Å². The molecule has 0 aliphatic carbocycles. The third-order valence-electron chi connectivity index (χ3n) is 4.26. The number of para-hydroxylation sites is 2. The second kappa shape index (κ2) is 8.99. The van der Waals surface area contributed by atoms with Gasteiger partial charge in [0.15, 0.2) is 0 Å². The van der Waals surface area contributed by atoms with Crippen molar-refractivity contribution in [2.75, 3.05) is 24.7 Å². The van der Waals surface area contributed by atoms with Crippen LogP contribution in [-0.4, -0.2) is 29.8 Å². The van der Waals surface area contributed by atoms with E-state index in [1.807, 2.05) is 73.6 Å². The van der Waals surface area contributed by atoms with Gasteiger partial charge >= 0.3 is 0 Å². The van der Waals surface area contributed by atoms with Crippen LogP contribution < -0.4 is 10.6 Å². The Morgan fingerprint density at radius 2 is 1.66 bits per heavy atom. The van der Waals surface area contributed by atoms with E-state index in [1.54, 1.807) is 12.1 Å². The SMILES string of the molecule is CN(C)Cc1ccccc1NC(=O)c1ccc(Nc2ccccc2)c([N+](=O)[O-])c1. The van der Waals surface area contributed by atoms with Gasteiger partial charge in [0.25, 0.3) is 11.6 Å². The molecular formula is C22H22N4O3. The second-order valence-electron chi connectivity index (χ2n) is 6.83. The lowest BCUT2D eigenvalue weighted by molar-refractivity contribution is -0.383. The predicted molar refractivity (Wildman–Crippen MR) is 115 cm³/mol. The maximum Gasteiger partial charge on any atom is 0.293 e. The molecule has 0 aliphatic rings. The summed E-state index contributed by atoms with van der Waals surface area (Å²) in [4.78, 5) is 25.8. The third kappa shape index (κ3) is 5.18. The summed E-state index contributed by atoms with van der Waals surface area (Å²) < 4.78 is 0. The Kier molecular flexibility index (Phi) is 6.21. The Morgan fingerprint density at radius 1 is 0.966 bits per heavy atom. The Balaban J connectivity index is 1.85. The largest absolute Gasteiger partial charge is 0.350 e. The van der Waals surface area contributed by atoms with Gasteiger partial charge in [0.1, 0.15) is 5.69 Å². The molecular weight excluding hydrogens is 368 g/mol. The van der Waals surface area contributed by atoms with E-state index in [1.165, 1.54) is 6.07 Å². The van der Waals surface area contributed by atoms with E-state index >= 15 is 0 Å². The Bertz CT molecular complexity index is 1020. The first-order valence-corrected chi connectivity index (χ1v) is 9.08. The average Bonchev–Trinajstić information content (AvgIpc) is 2.70. The van der Waals surface area contributed by atoms with Crippen molar-refractivity contribution in [2.45, 2.75) is 6.54 Å². The van der Waals surface area contributed by atoms with Gasteiger partial charge in [0.05, 0.1) is 4.92 Å². The summed E-state index contributed by atoms with van der Waals surface area (Å²) in [6, 6.07) is 21.1. The standard InChI is InChI=1S/C22H22N4O3/c1-25(2)15-17-8-6-7-11-19(17)24-22(27)16-12-13-20(21(14-16)26(28)29)23-18-9-4-3-5-10-18/h3-14,23H,15H2,1-2H3,(H,24,27). The average molecular weight is 390 g/mol. The number of benzene rings is 3. The number of carbonyl (C=O) groups is 1. The molecule has 0 aliphatic heterocycles. The number of nitrogens with one attached hydrogen (secondary N) is 2. The molecule has 148 valence electrons. The first-order valence-electron chi connectivity index (χ1n) is 9.08. The number of hydrogen-bond acceptors (Lipinski definition) is 5. The molecule has 3 rings (SSSR count). The number of anilines is 3. The van der Waals surface area contributed by atoms with E-state index in [-0.39, 0.29) is 11.3 Å². The molecule has 1 amide bonds. The lowest BCUT2D eigenvalue weighted by atomic mass is 10.1. The highest BCUT2D eigenvalue weighted by atomic mass is 16.6. The number of carbonyl (C=O) groups excluding carboxylic acids is 1. The number of nitrogens with zero attached hydrogens (tertiary/aromatic N) is 2. The third-order valence-corrected chi connectivity index (χ3v) is 4.26. The molecule has 0 saturated carbocycles. The summed E-state index contributed by atoms with van der Waals surface area (Å²) in [5.74, 6) is -0.398. The summed E-state index contributed by atoms with van der Waals surface area (Å²) in [5, 5.41) is 17.4. The van der Waals surface area contributed by atoms with Crippen molar-refractivity contribution in [2.24, 2.45) is 0 Å². The highest BCUT2D eigenvalue weighted by molar-refractivity contribution is 6.05. The van der Waals surface area contributed by atoms with Gasteiger partial charge in [-0.1, -0.05) is 36.4 Å². The smallest absolute Gasteiger partial charge is 0.293 e. The predicted octanol–water partition coefficient (Wildman–Crippen LogP) is 4.65. The highest BCUT2D eigenvalue weighted by Crippen LogP contribution is 2.29. The maximum atomic E-state index is 12.7. The van der Waals surface area contributed by atoms with Crippen LogP contribution in [0.5, 0.6) is 0 Å². The molecule has 0 bridgehead atoms. The van der Waals surface area contributed by atoms with Gasteiger partial charge in [0, 0.05) is 29.5 Å². The molecule has 0 unspecified atom stereocenters. The van der Waals surface area contributed by atoms with Gasteiger partial charge in [-0.15, -0.1) is 0 Å². The normalized spacial score (nSPS) is 10.6. The van der Waals surface area contributed by atoms with Crippen LogP contribution in [0.2, 0.25) is 0 Å². The zero-order valence-electron chi connectivity index (χ0n) is 16.3. The van der Waals surface area contributed by atoms with Crippen molar-refractivity contribution in [3.8, 4) is 0 Å². The van der Waals surface area contributed by atoms with Crippen LogP contribution in [0, 0.1) is 10.1 Å². The van der Waals surface area contributed by atoms with E-state index in [0.717, 1.165) is 11.3 Å². The van der Waals surface area contributed by atoms with Crippen LogP contribution in [0.1, 0.15) is 15.9 Å². The Morgan fingerprint density at radius 3 is 2.34 bits per heavy atom. The Labute approximate surface area is 169 Å². The van der Waals surface area contributed by atoms with Crippen molar-refractivity contribution in [3.05, 3.63) is 94.0 Å². The molecule has 0 spiro atoms. The maximum absolute atomic E-state index is 12.7. The number of nitro groups is 1. The highest BCUT2D eigenvalue weighted by Gasteiger charge is 2.18. The summed E-state index contributed by atoms with van der Waals surface area (Å²) in [5.41, 5.74) is 2.75. The van der Waals surface area contributed by atoms with Crippen LogP contribution in [0.15, 0.2) is 72.8 Å². The molecule has 0 aromatic heterocycles. The minimum absolute atomic E-state index is 0.164. The fourth-order valence-corrected chi connectivity index (χ4v) is 2.92. The zero-order chi connectivity index (χ0) is 20.8. The molecule has 0 saturated heterocycles. The van der Waals surface area contributed by atoms with Crippen LogP contribution in [0.3, 0.4) is 0 Å². The van der Waals surface area contributed by atoms with Crippen LogP contribution in [0.25, 0.3) is 0 Å². The van der Waals surface area contributed by atoms with Crippen LogP contribution in [-0.2, 0) is 6.54 Å². The summed E-state index contributed by atoms with van der Waals surface area (Å²) in [6.45, 7) is 0.663. The fraction of sp³-hybridized carbons (Fsp3) is 0.136. The van der Waals surface area contributed by atoms with Gasteiger partial charge in [-0.2, -0.15) is 0 Å². The molecule has 0 fully saturated rings. The first kappa shape index (κ1) is 20.0. The van der Waals surface area contributed by atoms with E-state index in [2.05, 4.69) is 10.6 Å². The molecule has 0 atom stereocenters. The fourth-order valence-electron chi connectivity index (χ4n) is 2.92. The number of hydrogen-bond donors (Lipinski definition) is 2. The Hall–Kier alpha value is -3.71. The molecule has 0 radical (unpaired) electrons. The lowest BCUT2D eigenvalue weighted by Gasteiger charge is -2.15. The molecule has 29 heavy (non-hydrogen) atoms. The minimum Gasteiger partial charge on any atom is -0.350 e.